The summed E-state index contributed by atoms with van der Waals surface area (Å²) in [5, 5.41) is 21.3. The van der Waals surface area contributed by atoms with Crippen LogP contribution in [0.25, 0.3) is 0 Å². The molecule has 4 nitrogen and oxygen atoms in total. The lowest BCUT2D eigenvalue weighted by atomic mass is 10.1. The van der Waals surface area contributed by atoms with E-state index in [1.54, 1.807) is 0 Å². The van der Waals surface area contributed by atoms with Crippen molar-refractivity contribution in [3.63, 3.8) is 0 Å². The average Bonchev–Trinajstić information content (AvgIpc) is 2.61. The zero-order chi connectivity index (χ0) is 13.7. The van der Waals surface area contributed by atoms with Gasteiger partial charge < -0.3 is 10.2 Å². The maximum atomic E-state index is 8.97. The lowest BCUT2D eigenvalue weighted by Gasteiger charge is -2.25. The van der Waals surface area contributed by atoms with E-state index in [-0.39, 0.29) is 6.04 Å². The quantitative estimate of drug-likeness (QED) is 0.877. The third kappa shape index (κ3) is 3.47. The van der Waals surface area contributed by atoms with E-state index in [1.807, 2.05) is 24.3 Å². The van der Waals surface area contributed by atoms with Crippen molar-refractivity contribution in [3.05, 3.63) is 29.8 Å². The Labute approximate surface area is 114 Å². The number of hydrogen-bond donors (Lipinski definition) is 1. The molecule has 2 rings (SSSR count). The van der Waals surface area contributed by atoms with Crippen molar-refractivity contribution in [1.29, 1.82) is 10.5 Å². The van der Waals surface area contributed by atoms with Crippen LogP contribution < -0.4 is 10.2 Å². The van der Waals surface area contributed by atoms with Crippen molar-refractivity contribution in [2.45, 2.75) is 31.8 Å². The molecule has 1 aliphatic rings. The standard InChI is InChI=1S/C15H18N4/c1-12-6-8-19(11-14(18-12)5-7-16)15-4-2-3-13(9-15)10-17/h2-4,9,12,14,18H,5-6,8,11H2,1H3. The zero-order valence-corrected chi connectivity index (χ0v) is 11.1. The van der Waals surface area contributed by atoms with Gasteiger partial charge in [-0.05, 0) is 31.5 Å². The van der Waals surface area contributed by atoms with E-state index in [9.17, 15) is 0 Å². The molecule has 1 saturated heterocycles. The highest BCUT2D eigenvalue weighted by Crippen LogP contribution is 2.19. The Morgan fingerprint density at radius 1 is 1.42 bits per heavy atom. The highest BCUT2D eigenvalue weighted by Gasteiger charge is 2.21. The van der Waals surface area contributed by atoms with E-state index >= 15 is 0 Å². The Morgan fingerprint density at radius 2 is 2.26 bits per heavy atom. The number of hydrogen-bond acceptors (Lipinski definition) is 4. The van der Waals surface area contributed by atoms with Crippen molar-refractivity contribution < 1.29 is 0 Å². The molecule has 0 spiro atoms. The minimum Gasteiger partial charge on any atom is -0.370 e. The van der Waals surface area contributed by atoms with Crippen LogP contribution in [-0.2, 0) is 0 Å². The third-order valence-electron chi connectivity index (χ3n) is 3.47. The van der Waals surface area contributed by atoms with E-state index in [1.165, 1.54) is 0 Å². The second kappa shape index (κ2) is 6.22. The molecule has 1 fully saturated rings. The first kappa shape index (κ1) is 13.4. The summed E-state index contributed by atoms with van der Waals surface area (Å²) in [6, 6.07) is 12.7. The number of benzene rings is 1. The number of nitrogens with one attached hydrogen (secondary N) is 1. The number of nitriles is 2. The lowest BCUT2D eigenvalue weighted by molar-refractivity contribution is 0.473. The molecule has 0 amide bonds. The topological polar surface area (TPSA) is 62.9 Å². The molecule has 0 aromatic heterocycles. The summed E-state index contributed by atoms with van der Waals surface area (Å²) < 4.78 is 0. The summed E-state index contributed by atoms with van der Waals surface area (Å²) in [4.78, 5) is 2.26. The predicted octanol–water partition coefficient (Wildman–Crippen LogP) is 2.03. The maximum Gasteiger partial charge on any atom is 0.0992 e. The Kier molecular flexibility index (Phi) is 4.39. The van der Waals surface area contributed by atoms with Gasteiger partial charge in [-0.1, -0.05) is 6.07 Å². The summed E-state index contributed by atoms with van der Waals surface area (Å²) in [5.74, 6) is 0. The molecule has 1 heterocycles. The fourth-order valence-electron chi connectivity index (χ4n) is 2.49. The van der Waals surface area contributed by atoms with Crippen molar-refractivity contribution in [2.24, 2.45) is 0 Å². The molecule has 0 saturated carbocycles. The van der Waals surface area contributed by atoms with Crippen LogP contribution in [0.5, 0.6) is 0 Å². The van der Waals surface area contributed by atoms with Gasteiger partial charge in [0.1, 0.15) is 0 Å². The highest BCUT2D eigenvalue weighted by molar-refractivity contribution is 5.51. The Bertz CT molecular complexity index is 512. The maximum absolute atomic E-state index is 8.97. The Balaban J connectivity index is 2.18. The van der Waals surface area contributed by atoms with Gasteiger partial charge in [-0.25, -0.2) is 0 Å². The molecule has 1 aromatic rings. The SMILES string of the molecule is CC1CCN(c2cccc(C#N)c2)CC(CC#N)N1. The molecule has 0 bridgehead atoms. The lowest BCUT2D eigenvalue weighted by Crippen LogP contribution is -2.39. The average molecular weight is 254 g/mol. The Hall–Kier alpha value is -2.04. The summed E-state index contributed by atoms with van der Waals surface area (Å²) in [6.45, 7) is 3.91. The Morgan fingerprint density at radius 3 is 3.00 bits per heavy atom. The van der Waals surface area contributed by atoms with Crippen LogP contribution in [0.15, 0.2) is 24.3 Å². The first-order valence-electron chi connectivity index (χ1n) is 6.61. The monoisotopic (exact) mass is 254 g/mol. The van der Waals surface area contributed by atoms with E-state index in [2.05, 4.69) is 29.3 Å². The minimum atomic E-state index is 0.188. The summed E-state index contributed by atoms with van der Waals surface area (Å²) >= 11 is 0. The van der Waals surface area contributed by atoms with Crippen molar-refractivity contribution in [1.82, 2.24) is 5.32 Å². The predicted molar refractivity (Wildman–Crippen MR) is 74.6 cm³/mol. The van der Waals surface area contributed by atoms with E-state index in [4.69, 9.17) is 10.5 Å². The van der Waals surface area contributed by atoms with Crippen LogP contribution in [0.4, 0.5) is 5.69 Å². The molecule has 1 aromatic carbocycles. The molecular formula is C15H18N4. The molecule has 98 valence electrons. The van der Waals surface area contributed by atoms with Crippen LogP contribution >= 0.6 is 0 Å². The zero-order valence-electron chi connectivity index (χ0n) is 11.1. The van der Waals surface area contributed by atoms with Crippen molar-refractivity contribution >= 4 is 5.69 Å². The van der Waals surface area contributed by atoms with Crippen LogP contribution in [0.1, 0.15) is 25.3 Å². The molecule has 1 N–H and O–H groups in total. The van der Waals surface area contributed by atoms with Crippen LogP contribution in [0.2, 0.25) is 0 Å². The normalized spacial score (nSPS) is 23.2. The van der Waals surface area contributed by atoms with E-state index in [0.29, 0.717) is 18.0 Å². The molecule has 1 aliphatic heterocycles. The van der Waals surface area contributed by atoms with Crippen LogP contribution in [0, 0.1) is 22.7 Å². The molecule has 4 heteroatoms. The smallest absolute Gasteiger partial charge is 0.0992 e. The van der Waals surface area contributed by atoms with Gasteiger partial charge >= 0.3 is 0 Å². The highest BCUT2D eigenvalue weighted by atomic mass is 15.2. The minimum absolute atomic E-state index is 0.188. The van der Waals surface area contributed by atoms with E-state index < -0.39 is 0 Å². The summed E-state index contributed by atoms with van der Waals surface area (Å²) in [5.41, 5.74) is 1.75. The number of anilines is 1. The number of rotatable bonds is 2. The number of nitrogens with zero attached hydrogens (tertiary/aromatic N) is 3. The first-order chi connectivity index (χ1) is 9.22. The fraction of sp³-hybridized carbons (Fsp3) is 0.467. The second-order valence-electron chi connectivity index (χ2n) is 5.02. The van der Waals surface area contributed by atoms with Crippen molar-refractivity contribution in [2.75, 3.05) is 18.0 Å². The van der Waals surface area contributed by atoms with Gasteiger partial charge in [0.2, 0.25) is 0 Å². The largest absolute Gasteiger partial charge is 0.370 e. The van der Waals surface area contributed by atoms with Gasteiger partial charge in [0, 0.05) is 30.9 Å². The first-order valence-corrected chi connectivity index (χ1v) is 6.61. The molecular weight excluding hydrogens is 236 g/mol. The molecule has 0 aliphatic carbocycles. The molecule has 0 radical (unpaired) electrons. The van der Waals surface area contributed by atoms with Gasteiger partial charge in [0.25, 0.3) is 0 Å². The summed E-state index contributed by atoms with van der Waals surface area (Å²) in [7, 11) is 0. The van der Waals surface area contributed by atoms with Crippen molar-refractivity contribution in [3.8, 4) is 12.1 Å². The third-order valence-corrected chi connectivity index (χ3v) is 3.47. The van der Waals surface area contributed by atoms with Crippen LogP contribution in [-0.4, -0.2) is 25.2 Å². The fourth-order valence-corrected chi connectivity index (χ4v) is 2.49. The van der Waals surface area contributed by atoms with Gasteiger partial charge in [-0.15, -0.1) is 0 Å². The summed E-state index contributed by atoms with van der Waals surface area (Å²) in [6.07, 6.45) is 1.55. The molecule has 19 heavy (non-hydrogen) atoms. The van der Waals surface area contributed by atoms with Crippen LogP contribution in [0.3, 0.4) is 0 Å². The molecule has 2 atom stereocenters. The van der Waals surface area contributed by atoms with Gasteiger partial charge in [-0.2, -0.15) is 10.5 Å². The van der Waals surface area contributed by atoms with Gasteiger partial charge in [0.05, 0.1) is 24.1 Å². The van der Waals surface area contributed by atoms with Gasteiger partial charge in [0.15, 0.2) is 0 Å². The second-order valence-corrected chi connectivity index (χ2v) is 5.02. The van der Waals surface area contributed by atoms with Gasteiger partial charge in [-0.3, -0.25) is 0 Å². The van der Waals surface area contributed by atoms with E-state index in [0.717, 1.165) is 25.2 Å². The molecule has 2 unspecified atom stereocenters.